The molecule has 0 radical (unpaired) electrons. The number of fused-ring (bicyclic) bond motifs is 5. The summed E-state index contributed by atoms with van der Waals surface area (Å²) in [5.41, 5.74) is 1.43. The summed E-state index contributed by atoms with van der Waals surface area (Å²) in [7, 11) is 0. The van der Waals surface area contributed by atoms with E-state index in [9.17, 15) is 14.7 Å². The van der Waals surface area contributed by atoms with Crippen LogP contribution in [-0.2, 0) is 9.59 Å². The Labute approximate surface area is 167 Å². The van der Waals surface area contributed by atoms with Crippen LogP contribution < -0.4 is 0 Å². The van der Waals surface area contributed by atoms with Crippen molar-refractivity contribution >= 4 is 22.7 Å². The van der Waals surface area contributed by atoms with Gasteiger partial charge >= 0.3 is 0 Å². The Hall–Kier alpha value is -0.610. The average molecular weight is 391 g/mol. The molecular weight excluding hydrogens is 356 g/mol. The maximum atomic E-state index is 12.1. The van der Waals surface area contributed by atoms with Crippen LogP contribution >= 0.6 is 11.8 Å². The highest BCUT2D eigenvalue weighted by molar-refractivity contribution is 8.13. The van der Waals surface area contributed by atoms with Crippen molar-refractivity contribution in [3.05, 3.63) is 11.6 Å². The first kappa shape index (κ1) is 19.7. The zero-order valence-corrected chi connectivity index (χ0v) is 17.8. The lowest BCUT2D eigenvalue weighted by Crippen LogP contribution is -2.53. The molecule has 0 amide bonds. The van der Waals surface area contributed by atoms with E-state index >= 15 is 0 Å². The second kappa shape index (κ2) is 7.02. The lowest BCUT2D eigenvalue weighted by atomic mass is 9.47. The topological polar surface area (TPSA) is 54.4 Å². The highest BCUT2D eigenvalue weighted by atomic mass is 32.2. The molecule has 4 aliphatic rings. The summed E-state index contributed by atoms with van der Waals surface area (Å²) in [6.45, 7) is 6.21. The molecule has 0 aliphatic heterocycles. The Morgan fingerprint density at radius 1 is 1.26 bits per heavy atom. The maximum Gasteiger partial charge on any atom is 0.185 e. The van der Waals surface area contributed by atoms with E-state index in [4.69, 9.17) is 0 Å². The van der Waals surface area contributed by atoms with Crippen LogP contribution in [0.15, 0.2) is 11.6 Å². The van der Waals surface area contributed by atoms with E-state index in [-0.39, 0.29) is 27.8 Å². The molecule has 0 saturated heterocycles. The SMILES string of the molecule is CCC1C[C@H]2[C@@H]3CCC4=CC(=O)CC[C@]4(CSC(C)=O)[C@@H]3CC[C@]2(C)C1O. The summed E-state index contributed by atoms with van der Waals surface area (Å²) in [6, 6.07) is 0. The van der Waals surface area contributed by atoms with Crippen LogP contribution in [0.1, 0.15) is 72.1 Å². The maximum absolute atomic E-state index is 12.1. The van der Waals surface area contributed by atoms with E-state index < -0.39 is 0 Å². The van der Waals surface area contributed by atoms with Gasteiger partial charge in [0, 0.05) is 24.5 Å². The third-order valence-electron chi connectivity index (χ3n) is 8.86. The van der Waals surface area contributed by atoms with Crippen molar-refractivity contribution in [1.29, 1.82) is 0 Å². The molecule has 3 saturated carbocycles. The Bertz CT molecular complexity index is 671. The van der Waals surface area contributed by atoms with Crippen LogP contribution in [0, 0.1) is 34.5 Å². The monoisotopic (exact) mass is 390 g/mol. The first-order valence-corrected chi connectivity index (χ1v) is 11.9. The van der Waals surface area contributed by atoms with E-state index in [1.165, 1.54) is 17.3 Å². The average Bonchev–Trinajstić information content (AvgIpc) is 2.91. The van der Waals surface area contributed by atoms with Crippen LogP contribution in [-0.4, -0.2) is 27.9 Å². The minimum absolute atomic E-state index is 0.0315. The molecule has 27 heavy (non-hydrogen) atoms. The van der Waals surface area contributed by atoms with Gasteiger partial charge in [0.05, 0.1) is 6.10 Å². The van der Waals surface area contributed by atoms with Gasteiger partial charge in [0.25, 0.3) is 0 Å². The summed E-state index contributed by atoms with van der Waals surface area (Å²) in [4.78, 5) is 23.9. The van der Waals surface area contributed by atoms with E-state index in [1.54, 1.807) is 6.92 Å². The van der Waals surface area contributed by atoms with Crippen LogP contribution in [0.2, 0.25) is 0 Å². The number of ketones is 1. The van der Waals surface area contributed by atoms with Gasteiger partial charge in [-0.3, -0.25) is 9.59 Å². The number of rotatable bonds is 3. The van der Waals surface area contributed by atoms with Gasteiger partial charge in [-0.2, -0.15) is 0 Å². The predicted molar refractivity (Wildman–Crippen MR) is 109 cm³/mol. The standard InChI is InChI=1S/C23H34O3S/c1-4-15-11-20-18-6-5-16-12-17(25)7-10-23(16,13-27-14(2)24)19(18)8-9-22(20,3)21(15)26/h12,15,18-21,26H,4-11,13H2,1-3H3/t15?,18-,19-,20+,21?,22+,23-/m1/s1. The summed E-state index contributed by atoms with van der Waals surface area (Å²) in [5, 5.41) is 11.2. The highest BCUT2D eigenvalue weighted by Gasteiger charge is 2.61. The van der Waals surface area contributed by atoms with E-state index in [0.717, 1.165) is 50.7 Å². The molecule has 4 heteroatoms. The first-order valence-electron chi connectivity index (χ1n) is 10.9. The molecule has 0 bridgehead atoms. The number of aliphatic hydroxyl groups is 1. The molecule has 3 nitrogen and oxygen atoms in total. The van der Waals surface area contributed by atoms with Crippen molar-refractivity contribution < 1.29 is 14.7 Å². The van der Waals surface area contributed by atoms with E-state index in [1.807, 2.05) is 6.08 Å². The van der Waals surface area contributed by atoms with Gasteiger partial charge in [-0.1, -0.05) is 37.6 Å². The van der Waals surface area contributed by atoms with E-state index in [0.29, 0.717) is 30.1 Å². The number of aliphatic hydroxyl groups excluding tert-OH is 1. The summed E-state index contributed by atoms with van der Waals surface area (Å²) < 4.78 is 0. The molecule has 0 aromatic carbocycles. The minimum atomic E-state index is -0.166. The third-order valence-corrected chi connectivity index (χ3v) is 9.93. The van der Waals surface area contributed by atoms with Crippen molar-refractivity contribution in [2.75, 3.05) is 5.75 Å². The second-order valence-electron chi connectivity index (χ2n) is 9.88. The fourth-order valence-electron chi connectivity index (χ4n) is 7.40. The molecule has 2 unspecified atom stereocenters. The van der Waals surface area contributed by atoms with Gasteiger partial charge in [0.15, 0.2) is 10.9 Å². The molecule has 0 heterocycles. The zero-order valence-electron chi connectivity index (χ0n) is 17.0. The predicted octanol–water partition coefficient (Wildman–Crippen LogP) is 4.78. The number of thioether (sulfide) groups is 1. The minimum Gasteiger partial charge on any atom is -0.392 e. The highest BCUT2D eigenvalue weighted by Crippen LogP contribution is 2.66. The molecule has 150 valence electrons. The van der Waals surface area contributed by atoms with E-state index in [2.05, 4.69) is 13.8 Å². The second-order valence-corrected chi connectivity index (χ2v) is 11.0. The van der Waals surface area contributed by atoms with Gasteiger partial charge < -0.3 is 5.11 Å². The molecule has 0 aromatic rings. The van der Waals surface area contributed by atoms with Crippen LogP contribution in [0.25, 0.3) is 0 Å². The smallest absolute Gasteiger partial charge is 0.185 e. The fraction of sp³-hybridized carbons (Fsp3) is 0.826. The van der Waals surface area contributed by atoms with Crippen molar-refractivity contribution in [3.8, 4) is 0 Å². The number of carbonyl (C=O) groups is 2. The Balaban J connectivity index is 1.69. The molecule has 3 fully saturated rings. The van der Waals surface area contributed by atoms with Crippen LogP contribution in [0.5, 0.6) is 0 Å². The lowest BCUT2D eigenvalue weighted by Gasteiger charge is -2.58. The molecule has 0 aromatic heterocycles. The molecule has 4 aliphatic carbocycles. The number of allylic oxidation sites excluding steroid dienone is 1. The van der Waals surface area contributed by atoms with Crippen molar-refractivity contribution in [1.82, 2.24) is 0 Å². The van der Waals surface area contributed by atoms with Gasteiger partial charge in [0.1, 0.15) is 0 Å². The number of carbonyl (C=O) groups excluding carboxylic acids is 2. The molecule has 0 spiro atoms. The molecule has 1 N–H and O–H groups in total. The summed E-state index contributed by atoms with van der Waals surface area (Å²) in [5.74, 6) is 3.34. The lowest BCUT2D eigenvalue weighted by molar-refractivity contribution is -0.117. The van der Waals surface area contributed by atoms with Gasteiger partial charge in [-0.05, 0) is 73.7 Å². The molecule has 7 atom stereocenters. The van der Waals surface area contributed by atoms with Gasteiger partial charge in [-0.25, -0.2) is 0 Å². The number of hydrogen-bond acceptors (Lipinski definition) is 4. The molecule has 4 rings (SSSR count). The summed E-state index contributed by atoms with van der Waals surface area (Å²) in [6.07, 6.45) is 9.92. The van der Waals surface area contributed by atoms with Crippen molar-refractivity contribution in [2.24, 2.45) is 34.5 Å². The van der Waals surface area contributed by atoms with Crippen LogP contribution in [0.4, 0.5) is 0 Å². The third kappa shape index (κ3) is 2.97. The van der Waals surface area contributed by atoms with Crippen molar-refractivity contribution in [2.45, 2.75) is 78.2 Å². The zero-order chi connectivity index (χ0) is 19.4. The van der Waals surface area contributed by atoms with Gasteiger partial charge in [-0.15, -0.1) is 0 Å². The largest absolute Gasteiger partial charge is 0.392 e. The Morgan fingerprint density at radius 3 is 2.74 bits per heavy atom. The first-order chi connectivity index (χ1) is 12.8. The normalized spacial score (nSPS) is 46.3. The number of hydrogen-bond donors (Lipinski definition) is 1. The Kier molecular flexibility index (Phi) is 5.12. The fourth-order valence-corrected chi connectivity index (χ4v) is 8.41. The Morgan fingerprint density at radius 2 is 2.04 bits per heavy atom. The quantitative estimate of drug-likeness (QED) is 0.754. The van der Waals surface area contributed by atoms with Gasteiger partial charge in [0.2, 0.25) is 0 Å². The molecular formula is C23H34O3S. The van der Waals surface area contributed by atoms with Crippen molar-refractivity contribution in [3.63, 3.8) is 0 Å². The summed E-state index contributed by atoms with van der Waals surface area (Å²) >= 11 is 1.46. The van der Waals surface area contributed by atoms with Crippen LogP contribution in [0.3, 0.4) is 0 Å².